The van der Waals surface area contributed by atoms with E-state index in [1.807, 2.05) is 19.2 Å². The average molecular weight is 251 g/mol. The van der Waals surface area contributed by atoms with Crippen LogP contribution in [0.3, 0.4) is 0 Å². The first-order valence-electron chi connectivity index (χ1n) is 6.34. The molecule has 0 spiro atoms. The van der Waals surface area contributed by atoms with Gasteiger partial charge in [-0.3, -0.25) is 0 Å². The van der Waals surface area contributed by atoms with Crippen LogP contribution in [0.25, 0.3) is 0 Å². The molecule has 0 saturated carbocycles. The molecular weight excluding hydrogens is 230 g/mol. The molecule has 0 atom stereocenters. The first-order chi connectivity index (χ1) is 8.65. The molecular formula is C14H21NO3. The van der Waals surface area contributed by atoms with Crippen molar-refractivity contribution in [2.45, 2.75) is 12.8 Å². The van der Waals surface area contributed by atoms with Gasteiger partial charge in [0.15, 0.2) is 0 Å². The lowest BCUT2D eigenvalue weighted by Gasteiger charge is -2.39. The molecule has 1 fully saturated rings. The zero-order valence-corrected chi connectivity index (χ0v) is 10.8. The molecule has 4 heteroatoms. The molecule has 2 rings (SSSR count). The molecule has 1 aliphatic rings. The lowest BCUT2D eigenvalue weighted by molar-refractivity contribution is -0.0113. The lowest BCUT2D eigenvalue weighted by atomic mass is 9.80. The minimum Gasteiger partial charge on any atom is -0.508 e. The quantitative estimate of drug-likeness (QED) is 0.854. The molecule has 0 radical (unpaired) electrons. The Labute approximate surface area is 108 Å². The van der Waals surface area contributed by atoms with E-state index in [1.54, 1.807) is 12.1 Å². The van der Waals surface area contributed by atoms with E-state index in [4.69, 9.17) is 4.74 Å². The number of aliphatic hydroxyl groups is 1. The van der Waals surface area contributed by atoms with Gasteiger partial charge >= 0.3 is 0 Å². The molecule has 0 aliphatic carbocycles. The summed E-state index contributed by atoms with van der Waals surface area (Å²) >= 11 is 0. The topological polar surface area (TPSA) is 52.9 Å². The number of phenolic OH excluding ortho intramolecular Hbond substituents is 1. The number of hydrogen-bond donors (Lipinski definition) is 2. The molecule has 2 N–H and O–H groups in total. The summed E-state index contributed by atoms with van der Waals surface area (Å²) < 4.78 is 5.37. The van der Waals surface area contributed by atoms with Gasteiger partial charge in [0.25, 0.3) is 0 Å². The summed E-state index contributed by atoms with van der Waals surface area (Å²) in [7, 11) is 2.01. The standard InChI is InChI=1S/C14H21NO3/c1-15(12-2-4-13(17)5-3-12)10-14(11-16)6-8-18-9-7-14/h2-5,16-17H,6-11H2,1H3. The van der Waals surface area contributed by atoms with Gasteiger partial charge in [-0.1, -0.05) is 0 Å². The van der Waals surface area contributed by atoms with Crippen LogP contribution in [0.4, 0.5) is 5.69 Å². The van der Waals surface area contributed by atoms with Crippen LogP contribution in [0, 0.1) is 5.41 Å². The third kappa shape index (κ3) is 2.94. The third-order valence-corrected chi connectivity index (χ3v) is 3.75. The number of rotatable bonds is 4. The Morgan fingerprint density at radius 2 is 1.83 bits per heavy atom. The van der Waals surface area contributed by atoms with E-state index in [2.05, 4.69) is 4.90 Å². The van der Waals surface area contributed by atoms with Crippen molar-refractivity contribution in [2.24, 2.45) is 5.41 Å². The first kappa shape index (κ1) is 13.2. The number of nitrogens with zero attached hydrogens (tertiary/aromatic N) is 1. The summed E-state index contributed by atoms with van der Waals surface area (Å²) in [4.78, 5) is 2.13. The predicted octanol–water partition coefficient (Wildman–Crippen LogP) is 1.62. The second kappa shape index (κ2) is 5.59. The smallest absolute Gasteiger partial charge is 0.115 e. The van der Waals surface area contributed by atoms with Gasteiger partial charge in [-0.05, 0) is 37.1 Å². The van der Waals surface area contributed by atoms with Crippen LogP contribution in [0.1, 0.15) is 12.8 Å². The Hall–Kier alpha value is -1.26. The highest BCUT2D eigenvalue weighted by molar-refractivity contribution is 5.48. The van der Waals surface area contributed by atoms with Crippen LogP contribution in [0.2, 0.25) is 0 Å². The van der Waals surface area contributed by atoms with E-state index < -0.39 is 0 Å². The Morgan fingerprint density at radius 1 is 1.22 bits per heavy atom. The van der Waals surface area contributed by atoms with Crippen LogP contribution >= 0.6 is 0 Å². The third-order valence-electron chi connectivity index (χ3n) is 3.75. The van der Waals surface area contributed by atoms with Crippen molar-refractivity contribution < 1.29 is 14.9 Å². The van der Waals surface area contributed by atoms with E-state index in [-0.39, 0.29) is 17.8 Å². The summed E-state index contributed by atoms with van der Waals surface area (Å²) in [6, 6.07) is 7.14. The van der Waals surface area contributed by atoms with Crippen molar-refractivity contribution in [3.8, 4) is 5.75 Å². The second-order valence-electron chi connectivity index (χ2n) is 5.14. The summed E-state index contributed by atoms with van der Waals surface area (Å²) in [5.74, 6) is 0.273. The number of aromatic hydroxyl groups is 1. The number of aliphatic hydroxyl groups excluding tert-OH is 1. The van der Waals surface area contributed by atoms with E-state index >= 15 is 0 Å². The molecule has 4 nitrogen and oxygen atoms in total. The molecule has 0 unspecified atom stereocenters. The molecule has 1 aliphatic heterocycles. The van der Waals surface area contributed by atoms with Gasteiger partial charge in [-0.2, -0.15) is 0 Å². The number of benzene rings is 1. The normalized spacial score (nSPS) is 18.6. The number of ether oxygens (including phenoxy) is 1. The van der Waals surface area contributed by atoms with Gasteiger partial charge in [0.2, 0.25) is 0 Å². The fourth-order valence-corrected chi connectivity index (χ4v) is 2.47. The van der Waals surface area contributed by atoms with Crippen molar-refractivity contribution in [3.05, 3.63) is 24.3 Å². The van der Waals surface area contributed by atoms with Crippen molar-refractivity contribution in [1.82, 2.24) is 0 Å². The zero-order valence-electron chi connectivity index (χ0n) is 10.8. The van der Waals surface area contributed by atoms with Crippen LogP contribution in [0.15, 0.2) is 24.3 Å². The van der Waals surface area contributed by atoms with Crippen molar-refractivity contribution in [1.29, 1.82) is 0 Å². The van der Waals surface area contributed by atoms with Crippen LogP contribution < -0.4 is 4.90 Å². The molecule has 1 aromatic carbocycles. The summed E-state index contributed by atoms with van der Waals surface area (Å²) in [6.45, 7) is 2.45. The van der Waals surface area contributed by atoms with E-state index in [0.29, 0.717) is 0 Å². The Kier molecular flexibility index (Phi) is 4.09. The number of anilines is 1. The summed E-state index contributed by atoms with van der Waals surface area (Å²) in [6.07, 6.45) is 1.79. The Balaban J connectivity index is 2.04. The SMILES string of the molecule is CN(CC1(CO)CCOCC1)c1ccc(O)cc1. The molecule has 0 aromatic heterocycles. The Bertz CT molecular complexity index is 371. The van der Waals surface area contributed by atoms with Gasteiger partial charge in [-0.25, -0.2) is 0 Å². The van der Waals surface area contributed by atoms with Gasteiger partial charge in [0, 0.05) is 37.9 Å². The molecule has 0 bridgehead atoms. The van der Waals surface area contributed by atoms with Crippen LogP contribution in [-0.4, -0.2) is 43.6 Å². The maximum atomic E-state index is 9.66. The molecule has 0 amide bonds. The van der Waals surface area contributed by atoms with E-state index in [9.17, 15) is 10.2 Å². The van der Waals surface area contributed by atoms with Crippen molar-refractivity contribution >= 4 is 5.69 Å². The minimum absolute atomic E-state index is 0.0646. The molecule has 100 valence electrons. The van der Waals surface area contributed by atoms with Crippen molar-refractivity contribution in [2.75, 3.05) is 38.3 Å². The number of phenols is 1. The highest BCUT2D eigenvalue weighted by Gasteiger charge is 2.33. The van der Waals surface area contributed by atoms with Crippen LogP contribution in [-0.2, 0) is 4.74 Å². The summed E-state index contributed by atoms with van der Waals surface area (Å²) in [5, 5.41) is 18.9. The van der Waals surface area contributed by atoms with Crippen LogP contribution in [0.5, 0.6) is 5.75 Å². The van der Waals surface area contributed by atoms with E-state index in [0.717, 1.165) is 38.3 Å². The van der Waals surface area contributed by atoms with Crippen molar-refractivity contribution in [3.63, 3.8) is 0 Å². The maximum Gasteiger partial charge on any atom is 0.115 e. The average Bonchev–Trinajstić information content (AvgIpc) is 2.40. The predicted molar refractivity (Wildman–Crippen MR) is 70.9 cm³/mol. The van der Waals surface area contributed by atoms with Gasteiger partial charge in [0.1, 0.15) is 5.75 Å². The van der Waals surface area contributed by atoms with Gasteiger partial charge in [-0.15, -0.1) is 0 Å². The van der Waals surface area contributed by atoms with Gasteiger partial charge in [0.05, 0.1) is 6.61 Å². The minimum atomic E-state index is -0.0646. The zero-order chi connectivity index (χ0) is 13.0. The lowest BCUT2D eigenvalue weighted by Crippen LogP contribution is -2.42. The largest absolute Gasteiger partial charge is 0.508 e. The molecule has 18 heavy (non-hydrogen) atoms. The van der Waals surface area contributed by atoms with E-state index in [1.165, 1.54) is 0 Å². The maximum absolute atomic E-state index is 9.66. The highest BCUT2D eigenvalue weighted by Crippen LogP contribution is 2.32. The molecule has 1 saturated heterocycles. The molecule has 1 heterocycles. The monoisotopic (exact) mass is 251 g/mol. The highest BCUT2D eigenvalue weighted by atomic mass is 16.5. The first-order valence-corrected chi connectivity index (χ1v) is 6.34. The number of hydrogen-bond acceptors (Lipinski definition) is 4. The summed E-state index contributed by atoms with van der Waals surface area (Å²) in [5.41, 5.74) is 0.984. The Morgan fingerprint density at radius 3 is 2.39 bits per heavy atom. The fourth-order valence-electron chi connectivity index (χ4n) is 2.47. The fraction of sp³-hybridized carbons (Fsp3) is 0.571. The molecule has 1 aromatic rings. The van der Waals surface area contributed by atoms with Gasteiger partial charge < -0.3 is 19.8 Å². The second-order valence-corrected chi connectivity index (χ2v) is 5.14.